The average Bonchev–Trinajstić information content (AvgIpc) is 2.86. The summed E-state index contributed by atoms with van der Waals surface area (Å²) in [5.41, 5.74) is 7.26. The molecule has 2 aromatic rings. The van der Waals surface area contributed by atoms with E-state index in [0.29, 0.717) is 0 Å². The molecule has 16 heavy (non-hydrogen) atoms. The summed E-state index contributed by atoms with van der Waals surface area (Å²) >= 11 is 7.47. The van der Waals surface area contributed by atoms with Gasteiger partial charge in [0.05, 0.1) is 10.6 Å². The lowest BCUT2D eigenvalue weighted by molar-refractivity contribution is 0.505. The van der Waals surface area contributed by atoms with E-state index in [1.165, 1.54) is 4.88 Å². The topological polar surface area (TPSA) is 39.2 Å². The van der Waals surface area contributed by atoms with E-state index in [0.717, 1.165) is 28.5 Å². The summed E-state index contributed by atoms with van der Waals surface area (Å²) in [7, 11) is 0. The zero-order valence-corrected chi connectivity index (χ0v) is 10.6. The molecule has 0 fully saturated rings. The summed E-state index contributed by atoms with van der Waals surface area (Å²) in [6, 6.07) is 5.88. The van der Waals surface area contributed by atoms with Crippen LogP contribution in [-0.4, -0.2) is 0 Å². The molecule has 0 saturated carbocycles. The Morgan fingerprint density at radius 1 is 1.44 bits per heavy atom. The van der Waals surface area contributed by atoms with E-state index in [9.17, 15) is 0 Å². The highest BCUT2D eigenvalue weighted by Crippen LogP contribution is 2.27. The summed E-state index contributed by atoms with van der Waals surface area (Å²) in [5.74, 6) is 0.982. The van der Waals surface area contributed by atoms with E-state index in [4.69, 9.17) is 21.8 Å². The minimum Gasteiger partial charge on any atom is -0.469 e. The molecule has 0 aliphatic carbocycles. The number of hydrogen-bond acceptors (Lipinski definition) is 3. The highest BCUT2D eigenvalue weighted by atomic mass is 35.5. The van der Waals surface area contributed by atoms with Gasteiger partial charge in [-0.1, -0.05) is 18.5 Å². The first-order valence-electron chi connectivity index (χ1n) is 5.26. The molecule has 1 unspecified atom stereocenters. The Hall–Kier alpha value is -0.770. The molecule has 0 spiro atoms. The van der Waals surface area contributed by atoms with Crippen LogP contribution in [0.5, 0.6) is 0 Å². The molecule has 86 valence electrons. The Balaban J connectivity index is 2.11. The van der Waals surface area contributed by atoms with Crippen molar-refractivity contribution in [1.82, 2.24) is 0 Å². The second-order valence-electron chi connectivity index (χ2n) is 3.67. The summed E-state index contributed by atoms with van der Waals surface area (Å²) < 4.78 is 6.19. The zero-order valence-electron chi connectivity index (χ0n) is 9.07. The molecule has 0 amide bonds. The highest BCUT2D eigenvalue weighted by Gasteiger charge is 2.14. The van der Waals surface area contributed by atoms with Crippen molar-refractivity contribution < 1.29 is 4.42 Å². The second-order valence-corrected chi connectivity index (χ2v) is 5.47. The van der Waals surface area contributed by atoms with E-state index in [1.807, 2.05) is 18.2 Å². The Morgan fingerprint density at radius 3 is 2.88 bits per heavy atom. The van der Waals surface area contributed by atoms with Crippen LogP contribution in [0, 0.1) is 0 Å². The van der Waals surface area contributed by atoms with Crippen molar-refractivity contribution in [3.63, 3.8) is 0 Å². The van der Waals surface area contributed by atoms with Crippen molar-refractivity contribution >= 4 is 22.9 Å². The van der Waals surface area contributed by atoms with Gasteiger partial charge < -0.3 is 10.2 Å². The van der Waals surface area contributed by atoms with Gasteiger partial charge >= 0.3 is 0 Å². The molecule has 2 nitrogen and oxygen atoms in total. The smallest absolute Gasteiger partial charge is 0.108 e. The average molecular weight is 256 g/mol. The summed E-state index contributed by atoms with van der Waals surface area (Å²) in [5, 5.41) is 0. The summed E-state index contributed by atoms with van der Waals surface area (Å²) in [6.45, 7) is 2.07. The molecule has 1 atom stereocenters. The predicted molar refractivity (Wildman–Crippen MR) is 68.0 cm³/mol. The van der Waals surface area contributed by atoms with E-state index in [1.54, 1.807) is 17.6 Å². The quantitative estimate of drug-likeness (QED) is 0.903. The minimum atomic E-state index is -0.0107. The van der Waals surface area contributed by atoms with Crippen molar-refractivity contribution in [2.24, 2.45) is 5.73 Å². The molecule has 2 rings (SSSR count). The Kier molecular flexibility index (Phi) is 3.69. The first-order valence-corrected chi connectivity index (χ1v) is 6.46. The molecule has 0 bridgehead atoms. The van der Waals surface area contributed by atoms with Gasteiger partial charge in [-0.25, -0.2) is 0 Å². The van der Waals surface area contributed by atoms with Crippen molar-refractivity contribution in [3.05, 3.63) is 45.0 Å². The van der Waals surface area contributed by atoms with E-state index < -0.39 is 0 Å². The number of halogens is 1. The fourth-order valence-corrected chi connectivity index (χ4v) is 2.90. The monoisotopic (exact) mass is 255 g/mol. The van der Waals surface area contributed by atoms with E-state index in [-0.39, 0.29) is 6.04 Å². The highest BCUT2D eigenvalue weighted by molar-refractivity contribution is 7.16. The lowest BCUT2D eigenvalue weighted by Crippen LogP contribution is -2.13. The van der Waals surface area contributed by atoms with E-state index in [2.05, 4.69) is 6.92 Å². The molecule has 2 heterocycles. The van der Waals surface area contributed by atoms with Crippen LogP contribution in [0.3, 0.4) is 0 Å². The molecule has 0 aliphatic heterocycles. The van der Waals surface area contributed by atoms with Crippen LogP contribution in [-0.2, 0) is 12.8 Å². The van der Waals surface area contributed by atoms with Crippen LogP contribution in [0.25, 0.3) is 0 Å². The van der Waals surface area contributed by atoms with Crippen molar-refractivity contribution in [2.75, 3.05) is 0 Å². The molecule has 0 aromatic carbocycles. The van der Waals surface area contributed by atoms with Gasteiger partial charge in [-0.2, -0.15) is 0 Å². The van der Waals surface area contributed by atoms with Crippen LogP contribution in [0.15, 0.2) is 28.9 Å². The molecular formula is C12H14ClNOS. The van der Waals surface area contributed by atoms with Gasteiger partial charge in [-0.05, 0) is 18.2 Å². The number of furan rings is 1. The van der Waals surface area contributed by atoms with Gasteiger partial charge in [0, 0.05) is 29.3 Å². The van der Waals surface area contributed by atoms with Crippen molar-refractivity contribution in [3.8, 4) is 0 Å². The standard InChI is InChI=1S/C12H14ClNOS/c1-2-11-9(5-6-15-11)10(14)7-8-3-4-12(13)16-8/h3-6,10H,2,7,14H2,1H3. The number of thiophene rings is 1. The molecule has 2 aromatic heterocycles. The lowest BCUT2D eigenvalue weighted by Gasteiger charge is -2.09. The normalized spacial score (nSPS) is 12.9. The lowest BCUT2D eigenvalue weighted by atomic mass is 10.0. The number of nitrogens with two attached hydrogens (primary N) is 1. The van der Waals surface area contributed by atoms with Crippen LogP contribution in [0.2, 0.25) is 4.34 Å². The number of rotatable bonds is 4. The largest absolute Gasteiger partial charge is 0.469 e. The van der Waals surface area contributed by atoms with Gasteiger partial charge in [-0.15, -0.1) is 11.3 Å². The van der Waals surface area contributed by atoms with Gasteiger partial charge in [0.25, 0.3) is 0 Å². The van der Waals surface area contributed by atoms with Gasteiger partial charge in [-0.3, -0.25) is 0 Å². The van der Waals surface area contributed by atoms with Crippen LogP contribution in [0.1, 0.15) is 29.2 Å². The fourth-order valence-electron chi connectivity index (χ4n) is 1.76. The van der Waals surface area contributed by atoms with Gasteiger partial charge in [0.15, 0.2) is 0 Å². The van der Waals surface area contributed by atoms with Gasteiger partial charge in [0.1, 0.15) is 5.76 Å². The third-order valence-electron chi connectivity index (χ3n) is 2.55. The van der Waals surface area contributed by atoms with Gasteiger partial charge in [0.2, 0.25) is 0 Å². The fraction of sp³-hybridized carbons (Fsp3) is 0.333. The second kappa shape index (κ2) is 5.04. The maximum atomic E-state index is 6.16. The Bertz CT molecular complexity index is 463. The molecule has 2 N–H and O–H groups in total. The van der Waals surface area contributed by atoms with Crippen LogP contribution < -0.4 is 5.73 Å². The Morgan fingerprint density at radius 2 is 2.25 bits per heavy atom. The Labute approximate surface area is 104 Å². The van der Waals surface area contributed by atoms with Crippen LogP contribution in [0.4, 0.5) is 0 Å². The molecule has 0 radical (unpaired) electrons. The molecular weight excluding hydrogens is 242 g/mol. The first kappa shape index (κ1) is 11.7. The predicted octanol–water partition coefficient (Wildman–Crippen LogP) is 3.80. The maximum Gasteiger partial charge on any atom is 0.108 e. The van der Waals surface area contributed by atoms with Crippen molar-refractivity contribution in [2.45, 2.75) is 25.8 Å². The molecule has 4 heteroatoms. The number of hydrogen-bond donors (Lipinski definition) is 1. The SMILES string of the molecule is CCc1occc1C(N)Cc1ccc(Cl)s1. The number of aryl methyl sites for hydroxylation is 1. The van der Waals surface area contributed by atoms with Crippen LogP contribution >= 0.6 is 22.9 Å². The molecule has 0 saturated heterocycles. The van der Waals surface area contributed by atoms with Crippen molar-refractivity contribution in [1.29, 1.82) is 0 Å². The third kappa shape index (κ3) is 2.48. The molecule has 0 aliphatic rings. The first-order chi connectivity index (χ1) is 7.70. The zero-order chi connectivity index (χ0) is 11.5. The van der Waals surface area contributed by atoms with E-state index >= 15 is 0 Å². The summed E-state index contributed by atoms with van der Waals surface area (Å²) in [4.78, 5) is 1.21. The minimum absolute atomic E-state index is 0.0107. The summed E-state index contributed by atoms with van der Waals surface area (Å²) in [6.07, 6.45) is 3.39. The maximum absolute atomic E-state index is 6.16. The third-order valence-corrected chi connectivity index (χ3v) is 3.80.